The van der Waals surface area contributed by atoms with E-state index in [-0.39, 0.29) is 6.04 Å². The van der Waals surface area contributed by atoms with Crippen LogP contribution in [0.5, 0.6) is 11.5 Å². The second-order valence-electron chi connectivity index (χ2n) is 6.95. The minimum atomic E-state index is 0.216. The number of methoxy groups -OCH3 is 2. The van der Waals surface area contributed by atoms with Gasteiger partial charge in [-0.1, -0.05) is 38.1 Å². The molecule has 2 aromatic carbocycles. The zero-order valence-electron chi connectivity index (χ0n) is 17.2. The van der Waals surface area contributed by atoms with E-state index in [0.717, 1.165) is 29.2 Å². The Bertz CT molecular complexity index is 747. The van der Waals surface area contributed by atoms with Gasteiger partial charge in [-0.3, -0.25) is 4.99 Å². The minimum Gasteiger partial charge on any atom is -0.493 e. The number of para-hydroxylation sites is 1. The molecule has 4 N–H and O–H groups in total. The van der Waals surface area contributed by atoms with Gasteiger partial charge in [-0.25, -0.2) is 0 Å². The van der Waals surface area contributed by atoms with Gasteiger partial charge in [0.1, 0.15) is 0 Å². The highest BCUT2D eigenvalue weighted by atomic mass is 16.5. The van der Waals surface area contributed by atoms with Crippen molar-refractivity contribution >= 4 is 11.6 Å². The third-order valence-electron chi connectivity index (χ3n) is 4.56. The third kappa shape index (κ3) is 6.68. The molecule has 0 aliphatic heterocycles. The second kappa shape index (κ2) is 11.1. The fraction of sp³-hybridized carbons (Fsp3) is 0.409. The summed E-state index contributed by atoms with van der Waals surface area (Å²) in [7, 11) is 3.27. The van der Waals surface area contributed by atoms with Crippen LogP contribution in [0.1, 0.15) is 19.4 Å². The molecule has 0 bridgehead atoms. The summed E-state index contributed by atoms with van der Waals surface area (Å²) in [6.07, 6.45) is 0.812. The Labute approximate surface area is 168 Å². The molecule has 1 unspecified atom stereocenters. The van der Waals surface area contributed by atoms with E-state index >= 15 is 0 Å². The van der Waals surface area contributed by atoms with E-state index in [1.165, 1.54) is 0 Å². The van der Waals surface area contributed by atoms with Crippen molar-refractivity contribution in [3.8, 4) is 11.5 Å². The van der Waals surface area contributed by atoms with Crippen LogP contribution in [-0.2, 0) is 6.42 Å². The molecule has 0 aromatic heterocycles. The smallest absolute Gasteiger partial charge is 0.188 e. The lowest BCUT2D eigenvalue weighted by Crippen LogP contribution is -2.36. The average Bonchev–Trinajstić information content (AvgIpc) is 2.71. The summed E-state index contributed by atoms with van der Waals surface area (Å²) >= 11 is 0. The molecular formula is C22H32N4O2. The monoisotopic (exact) mass is 384 g/mol. The molecule has 0 amide bonds. The number of rotatable bonds is 10. The van der Waals surface area contributed by atoms with Crippen LogP contribution in [0.3, 0.4) is 0 Å². The number of nitrogens with two attached hydrogens (primary N) is 1. The van der Waals surface area contributed by atoms with Crippen LogP contribution in [0.4, 0.5) is 5.69 Å². The van der Waals surface area contributed by atoms with Crippen molar-refractivity contribution in [2.24, 2.45) is 16.6 Å². The largest absolute Gasteiger partial charge is 0.493 e. The number of guanidine groups is 1. The third-order valence-corrected chi connectivity index (χ3v) is 4.56. The molecule has 0 saturated heterocycles. The lowest BCUT2D eigenvalue weighted by atomic mass is 10.0. The normalized spacial score (nSPS) is 12.5. The van der Waals surface area contributed by atoms with Crippen molar-refractivity contribution in [1.82, 2.24) is 5.32 Å². The van der Waals surface area contributed by atoms with Crippen molar-refractivity contribution in [3.63, 3.8) is 0 Å². The molecule has 6 heteroatoms. The van der Waals surface area contributed by atoms with Crippen molar-refractivity contribution in [3.05, 3.63) is 54.1 Å². The molecule has 0 fully saturated rings. The van der Waals surface area contributed by atoms with Gasteiger partial charge in [-0.2, -0.15) is 0 Å². The molecule has 2 aromatic rings. The maximum Gasteiger partial charge on any atom is 0.188 e. The van der Waals surface area contributed by atoms with Crippen LogP contribution >= 0.6 is 0 Å². The highest BCUT2D eigenvalue weighted by Gasteiger charge is 2.12. The second-order valence-corrected chi connectivity index (χ2v) is 6.95. The first-order chi connectivity index (χ1) is 13.5. The minimum absolute atomic E-state index is 0.216. The van der Waals surface area contributed by atoms with Gasteiger partial charge in [0.05, 0.1) is 20.8 Å². The van der Waals surface area contributed by atoms with E-state index in [9.17, 15) is 0 Å². The van der Waals surface area contributed by atoms with E-state index in [4.69, 9.17) is 15.2 Å². The first-order valence-corrected chi connectivity index (χ1v) is 9.59. The van der Waals surface area contributed by atoms with Crippen LogP contribution in [-0.4, -0.2) is 39.3 Å². The Morgan fingerprint density at radius 1 is 1.04 bits per heavy atom. The lowest BCUT2D eigenvalue weighted by molar-refractivity contribution is 0.354. The van der Waals surface area contributed by atoms with Crippen LogP contribution in [0, 0.1) is 5.92 Å². The lowest BCUT2D eigenvalue weighted by Gasteiger charge is -2.22. The van der Waals surface area contributed by atoms with Crippen molar-refractivity contribution in [1.29, 1.82) is 0 Å². The first kappa shape index (κ1) is 21.4. The highest BCUT2D eigenvalue weighted by molar-refractivity contribution is 5.77. The Morgan fingerprint density at radius 2 is 1.75 bits per heavy atom. The maximum atomic E-state index is 6.05. The van der Waals surface area contributed by atoms with E-state index < -0.39 is 0 Å². The summed E-state index contributed by atoms with van der Waals surface area (Å²) in [5.41, 5.74) is 8.28. The number of nitrogens with zero attached hydrogens (tertiary/aromatic N) is 1. The Morgan fingerprint density at radius 3 is 2.39 bits per heavy atom. The highest BCUT2D eigenvalue weighted by Crippen LogP contribution is 2.27. The molecular weight excluding hydrogens is 352 g/mol. The summed E-state index contributed by atoms with van der Waals surface area (Å²) in [5.74, 6) is 2.35. The number of benzene rings is 2. The summed E-state index contributed by atoms with van der Waals surface area (Å²) in [6.45, 7) is 5.67. The topological polar surface area (TPSA) is 80.9 Å². The zero-order valence-corrected chi connectivity index (χ0v) is 17.2. The van der Waals surface area contributed by atoms with Gasteiger partial charge < -0.3 is 25.8 Å². The number of nitrogens with one attached hydrogen (secondary N) is 2. The number of hydrogen-bond acceptors (Lipinski definition) is 4. The van der Waals surface area contributed by atoms with E-state index in [1.54, 1.807) is 14.2 Å². The van der Waals surface area contributed by atoms with Crippen molar-refractivity contribution in [2.75, 3.05) is 32.6 Å². The molecule has 152 valence electrons. The van der Waals surface area contributed by atoms with Crippen molar-refractivity contribution in [2.45, 2.75) is 26.3 Å². The molecule has 0 spiro atoms. The molecule has 28 heavy (non-hydrogen) atoms. The molecule has 0 heterocycles. The van der Waals surface area contributed by atoms with Gasteiger partial charge in [0, 0.05) is 18.3 Å². The standard InChI is InChI=1S/C22H32N4O2/c1-16(2)19(26-18-8-6-5-7-9-18)15-25-22(23)24-13-12-17-10-11-20(27-3)21(14-17)28-4/h5-11,14,16,19,26H,12-13,15H2,1-4H3,(H3,23,24,25). The van der Waals surface area contributed by atoms with Crippen LogP contribution in [0.2, 0.25) is 0 Å². The zero-order chi connectivity index (χ0) is 20.4. The predicted octanol–water partition coefficient (Wildman–Crippen LogP) is 3.29. The number of ether oxygens (including phenoxy) is 2. The summed E-state index contributed by atoms with van der Waals surface area (Å²) in [5, 5.41) is 6.71. The number of anilines is 1. The molecule has 0 radical (unpaired) electrons. The van der Waals surface area contributed by atoms with E-state index in [0.29, 0.717) is 25.0 Å². The quantitative estimate of drug-likeness (QED) is 0.433. The molecule has 1 atom stereocenters. The number of hydrogen-bond donors (Lipinski definition) is 3. The van der Waals surface area contributed by atoms with E-state index in [1.807, 2.05) is 36.4 Å². The van der Waals surface area contributed by atoms with Gasteiger partial charge >= 0.3 is 0 Å². The Hall–Kier alpha value is -2.89. The van der Waals surface area contributed by atoms with Gasteiger partial charge in [-0.15, -0.1) is 0 Å². The Kier molecular flexibility index (Phi) is 8.46. The van der Waals surface area contributed by atoms with Gasteiger partial charge in [0.25, 0.3) is 0 Å². The van der Waals surface area contributed by atoms with Gasteiger partial charge in [0.2, 0.25) is 0 Å². The average molecular weight is 385 g/mol. The SMILES string of the molecule is COc1ccc(CCNC(N)=NCC(Nc2ccccc2)C(C)C)cc1OC. The molecule has 6 nitrogen and oxygen atoms in total. The molecule has 0 aliphatic carbocycles. The summed E-state index contributed by atoms with van der Waals surface area (Å²) < 4.78 is 10.6. The van der Waals surface area contributed by atoms with Crippen LogP contribution in [0.25, 0.3) is 0 Å². The van der Waals surface area contributed by atoms with Gasteiger partial charge in [0.15, 0.2) is 17.5 Å². The summed E-state index contributed by atoms with van der Waals surface area (Å²) in [4.78, 5) is 4.51. The van der Waals surface area contributed by atoms with Gasteiger partial charge in [-0.05, 0) is 42.2 Å². The fourth-order valence-electron chi connectivity index (χ4n) is 2.80. The summed E-state index contributed by atoms with van der Waals surface area (Å²) in [6, 6.07) is 16.3. The first-order valence-electron chi connectivity index (χ1n) is 9.59. The fourth-order valence-corrected chi connectivity index (χ4v) is 2.80. The predicted molar refractivity (Wildman–Crippen MR) is 116 cm³/mol. The van der Waals surface area contributed by atoms with E-state index in [2.05, 4.69) is 41.6 Å². The number of aliphatic imine (C=N–C) groups is 1. The molecule has 2 rings (SSSR count). The molecule has 0 aliphatic rings. The van der Waals surface area contributed by atoms with Crippen LogP contribution in [0.15, 0.2) is 53.5 Å². The maximum absolute atomic E-state index is 6.05. The van der Waals surface area contributed by atoms with Crippen molar-refractivity contribution < 1.29 is 9.47 Å². The molecule has 0 saturated carbocycles. The Balaban J connectivity index is 1.84. The van der Waals surface area contributed by atoms with Crippen LogP contribution < -0.4 is 25.8 Å².